The van der Waals surface area contributed by atoms with E-state index in [1.165, 1.54) is 5.56 Å². The molecule has 28 heavy (non-hydrogen) atoms. The number of nitrogens with zero attached hydrogens (tertiary/aromatic N) is 2. The molecule has 3 rings (SSSR count). The molecule has 0 saturated carbocycles. The van der Waals surface area contributed by atoms with Gasteiger partial charge in [-0.3, -0.25) is 4.79 Å². The summed E-state index contributed by atoms with van der Waals surface area (Å²) in [6.07, 6.45) is 0.338. The van der Waals surface area contributed by atoms with E-state index in [1.54, 1.807) is 23.3 Å². The van der Waals surface area contributed by atoms with Crippen molar-refractivity contribution in [1.29, 1.82) is 0 Å². The summed E-state index contributed by atoms with van der Waals surface area (Å²) in [4.78, 5) is 20.5. The average molecular weight is 395 g/mol. The zero-order valence-electron chi connectivity index (χ0n) is 17.0. The quantitative estimate of drug-likeness (QED) is 0.577. The molecule has 4 nitrogen and oxygen atoms in total. The van der Waals surface area contributed by atoms with E-state index >= 15 is 0 Å². The van der Waals surface area contributed by atoms with Crippen LogP contribution in [0.1, 0.15) is 34.0 Å². The first-order valence-corrected chi connectivity index (χ1v) is 10.1. The smallest absolute Gasteiger partial charge is 0.228 e. The summed E-state index contributed by atoms with van der Waals surface area (Å²) in [5, 5.41) is 0.971. The molecule has 146 valence electrons. The summed E-state index contributed by atoms with van der Waals surface area (Å²) in [6, 6.07) is 16.0. The summed E-state index contributed by atoms with van der Waals surface area (Å²) in [7, 11) is 3.50. The lowest BCUT2D eigenvalue weighted by Crippen LogP contribution is -2.31. The number of thiazole rings is 1. The van der Waals surface area contributed by atoms with Crippen LogP contribution in [0.3, 0.4) is 0 Å². The fourth-order valence-electron chi connectivity index (χ4n) is 3.22. The van der Waals surface area contributed by atoms with E-state index in [-0.39, 0.29) is 11.9 Å². The molecule has 0 fully saturated rings. The maximum absolute atomic E-state index is 13.0. The number of carbonyl (C=O) groups is 1. The maximum atomic E-state index is 13.0. The monoisotopic (exact) mass is 394 g/mol. The fourth-order valence-corrected chi connectivity index (χ4v) is 4.17. The normalized spacial score (nSPS) is 11.9. The topological polar surface area (TPSA) is 42.4 Å². The van der Waals surface area contributed by atoms with E-state index in [1.807, 2.05) is 45.2 Å². The molecule has 0 spiro atoms. The summed E-state index contributed by atoms with van der Waals surface area (Å²) >= 11 is 1.59. The molecule has 0 radical (unpaired) electrons. The van der Waals surface area contributed by atoms with Gasteiger partial charge >= 0.3 is 0 Å². The Balaban J connectivity index is 1.82. The zero-order valence-corrected chi connectivity index (χ0v) is 17.8. The Labute approximate surface area is 170 Å². The van der Waals surface area contributed by atoms with Crippen LogP contribution in [-0.2, 0) is 11.2 Å². The minimum absolute atomic E-state index is 0.0652. The van der Waals surface area contributed by atoms with Crippen molar-refractivity contribution in [2.24, 2.45) is 0 Å². The molecule has 2 aromatic carbocycles. The van der Waals surface area contributed by atoms with Gasteiger partial charge in [-0.1, -0.05) is 48.0 Å². The Hall–Kier alpha value is -2.66. The Bertz CT molecular complexity index is 963. The van der Waals surface area contributed by atoms with Gasteiger partial charge in [-0.25, -0.2) is 4.98 Å². The van der Waals surface area contributed by atoms with Crippen LogP contribution in [0.5, 0.6) is 5.75 Å². The lowest BCUT2D eigenvalue weighted by atomic mass is 10.0. The van der Waals surface area contributed by atoms with E-state index < -0.39 is 0 Å². The van der Waals surface area contributed by atoms with Crippen molar-refractivity contribution in [3.63, 3.8) is 0 Å². The minimum Gasteiger partial charge on any atom is -0.496 e. The van der Waals surface area contributed by atoms with Crippen LogP contribution in [0.25, 0.3) is 11.3 Å². The van der Waals surface area contributed by atoms with Gasteiger partial charge in [0.2, 0.25) is 5.91 Å². The van der Waals surface area contributed by atoms with Gasteiger partial charge in [0.15, 0.2) is 0 Å². The third kappa shape index (κ3) is 4.25. The Kier molecular flexibility index (Phi) is 6.15. The Morgan fingerprint density at radius 1 is 1.14 bits per heavy atom. The third-order valence-corrected chi connectivity index (χ3v) is 5.98. The number of aromatic nitrogens is 1. The minimum atomic E-state index is -0.0829. The molecule has 0 aliphatic carbocycles. The second-order valence-corrected chi connectivity index (χ2v) is 8.26. The summed E-state index contributed by atoms with van der Waals surface area (Å²) < 4.78 is 5.46. The van der Waals surface area contributed by atoms with Crippen molar-refractivity contribution >= 4 is 17.2 Å². The first-order valence-electron chi connectivity index (χ1n) is 9.32. The van der Waals surface area contributed by atoms with Crippen molar-refractivity contribution in [3.8, 4) is 17.0 Å². The van der Waals surface area contributed by atoms with E-state index in [0.717, 1.165) is 32.5 Å². The van der Waals surface area contributed by atoms with E-state index in [2.05, 4.69) is 36.2 Å². The standard InChI is InChI=1S/C23H26N2O2S/c1-15-10-12-18(13-11-15)23-21(28-17(3)24-23)14-22(26)25(4)16(2)19-8-6-7-9-20(19)27-5/h6-13,16H,14H2,1-5H3. The van der Waals surface area contributed by atoms with Gasteiger partial charge in [0.05, 0.1) is 30.3 Å². The predicted octanol–water partition coefficient (Wildman–Crippen LogP) is 5.20. The Morgan fingerprint density at radius 3 is 2.50 bits per heavy atom. The number of hydrogen-bond acceptors (Lipinski definition) is 4. The molecular weight excluding hydrogens is 368 g/mol. The first kappa shape index (κ1) is 20.1. The molecule has 3 aromatic rings. The number of amides is 1. The van der Waals surface area contributed by atoms with Crippen molar-refractivity contribution < 1.29 is 9.53 Å². The summed E-state index contributed by atoms with van der Waals surface area (Å²) in [5.41, 5.74) is 4.17. The van der Waals surface area contributed by atoms with Crippen LogP contribution >= 0.6 is 11.3 Å². The molecule has 0 N–H and O–H groups in total. The van der Waals surface area contributed by atoms with Crippen molar-refractivity contribution in [2.75, 3.05) is 14.2 Å². The van der Waals surface area contributed by atoms with Gasteiger partial charge in [0.25, 0.3) is 0 Å². The molecule has 1 aromatic heterocycles. The lowest BCUT2D eigenvalue weighted by Gasteiger charge is -2.26. The van der Waals surface area contributed by atoms with Crippen molar-refractivity contribution in [2.45, 2.75) is 33.2 Å². The average Bonchev–Trinajstić information content (AvgIpc) is 3.07. The van der Waals surface area contributed by atoms with Gasteiger partial charge in [-0.2, -0.15) is 0 Å². The van der Waals surface area contributed by atoms with Crippen LogP contribution in [0.2, 0.25) is 0 Å². The second kappa shape index (κ2) is 8.57. The van der Waals surface area contributed by atoms with Crippen LogP contribution in [0.15, 0.2) is 48.5 Å². The van der Waals surface area contributed by atoms with E-state index in [0.29, 0.717) is 6.42 Å². The van der Waals surface area contributed by atoms with Gasteiger partial charge < -0.3 is 9.64 Å². The van der Waals surface area contributed by atoms with E-state index in [4.69, 9.17) is 4.74 Å². The number of methoxy groups -OCH3 is 1. The number of benzene rings is 2. The van der Waals surface area contributed by atoms with Crippen molar-refractivity contribution in [1.82, 2.24) is 9.88 Å². The van der Waals surface area contributed by atoms with Crippen LogP contribution in [0, 0.1) is 13.8 Å². The number of para-hydroxylation sites is 1. The SMILES string of the molecule is COc1ccccc1C(C)N(C)C(=O)Cc1sc(C)nc1-c1ccc(C)cc1. The van der Waals surface area contributed by atoms with Crippen LogP contribution < -0.4 is 4.74 Å². The molecule has 5 heteroatoms. The molecular formula is C23H26N2O2S. The molecule has 0 saturated heterocycles. The first-order chi connectivity index (χ1) is 13.4. The number of likely N-dealkylation sites (N-methyl/N-ethyl adjacent to an activating group) is 1. The van der Waals surface area contributed by atoms with Crippen molar-refractivity contribution in [3.05, 3.63) is 69.5 Å². The molecule has 1 heterocycles. The van der Waals surface area contributed by atoms with Crippen LogP contribution in [0.4, 0.5) is 0 Å². The number of rotatable bonds is 6. The maximum Gasteiger partial charge on any atom is 0.228 e. The van der Waals surface area contributed by atoms with Gasteiger partial charge in [0.1, 0.15) is 5.75 Å². The highest BCUT2D eigenvalue weighted by molar-refractivity contribution is 7.12. The zero-order chi connectivity index (χ0) is 20.3. The molecule has 0 aliphatic heterocycles. The van der Waals surface area contributed by atoms with Crippen LogP contribution in [-0.4, -0.2) is 29.9 Å². The highest BCUT2D eigenvalue weighted by Crippen LogP contribution is 2.31. The molecule has 0 aliphatic rings. The largest absolute Gasteiger partial charge is 0.496 e. The molecule has 0 bridgehead atoms. The third-order valence-electron chi connectivity index (χ3n) is 5.00. The number of ether oxygens (including phenoxy) is 1. The molecule has 1 unspecified atom stereocenters. The number of carbonyl (C=O) groups excluding carboxylic acids is 1. The fraction of sp³-hybridized carbons (Fsp3) is 0.304. The number of aryl methyl sites for hydroxylation is 2. The highest BCUT2D eigenvalue weighted by atomic mass is 32.1. The Morgan fingerprint density at radius 2 is 1.82 bits per heavy atom. The molecule has 1 amide bonds. The summed E-state index contributed by atoms with van der Waals surface area (Å²) in [5.74, 6) is 0.860. The van der Waals surface area contributed by atoms with Gasteiger partial charge in [-0.05, 0) is 26.8 Å². The summed E-state index contributed by atoms with van der Waals surface area (Å²) in [6.45, 7) is 6.07. The lowest BCUT2D eigenvalue weighted by molar-refractivity contribution is -0.131. The highest BCUT2D eigenvalue weighted by Gasteiger charge is 2.22. The van der Waals surface area contributed by atoms with Gasteiger partial charge in [-0.15, -0.1) is 11.3 Å². The predicted molar refractivity (Wildman–Crippen MR) is 115 cm³/mol. The molecule has 1 atom stereocenters. The number of hydrogen-bond donors (Lipinski definition) is 0. The second-order valence-electron chi connectivity index (χ2n) is 6.97. The van der Waals surface area contributed by atoms with E-state index in [9.17, 15) is 4.79 Å². The van der Waals surface area contributed by atoms with Gasteiger partial charge in [0, 0.05) is 23.1 Å².